The van der Waals surface area contributed by atoms with Crippen LogP contribution in [0.25, 0.3) is 39.0 Å². The molecule has 0 fully saturated rings. The van der Waals surface area contributed by atoms with Crippen molar-refractivity contribution in [1.29, 1.82) is 31.6 Å². The summed E-state index contributed by atoms with van der Waals surface area (Å²) in [6.07, 6.45) is -10.3. The van der Waals surface area contributed by atoms with Gasteiger partial charge in [-0.25, -0.2) is 0 Å². The van der Waals surface area contributed by atoms with E-state index in [0.717, 1.165) is 24.3 Å². The van der Waals surface area contributed by atoms with Crippen molar-refractivity contribution >= 4 is 5.57 Å². The molecule has 0 unspecified atom stereocenters. The number of benzene rings is 4. The third-order valence-electron chi connectivity index (χ3n) is 7.14. The summed E-state index contributed by atoms with van der Waals surface area (Å²) in [4.78, 5) is 0. The summed E-state index contributed by atoms with van der Waals surface area (Å²) >= 11 is 0. The van der Waals surface area contributed by atoms with Crippen molar-refractivity contribution in [2.75, 3.05) is 0 Å². The molecule has 5 rings (SSSR count). The topological polar surface area (TPSA) is 161 Å². The lowest BCUT2D eigenvalue weighted by molar-refractivity contribution is -0.275. The summed E-state index contributed by atoms with van der Waals surface area (Å²) in [6.45, 7) is 0. The maximum Gasteiger partial charge on any atom is 0.573 e. The Kier molecular flexibility index (Phi) is 7.98. The Morgan fingerprint density at radius 2 is 0.833 bits per heavy atom. The Bertz CT molecular complexity index is 2190. The van der Waals surface area contributed by atoms with E-state index in [9.17, 15) is 57.9 Å². The minimum atomic E-state index is -5.14. The first kappa shape index (κ1) is 32.1. The van der Waals surface area contributed by atoms with Crippen molar-refractivity contribution in [3.8, 4) is 81.3 Å². The standard InChI is InChI=1S/C34H10F6N6O2/c35-33(36,37)47-30-7-17(1-3-19(30)11-41)24-9-28-26(5-21(24)13-43)27-6-22(14-44)25(10-29(27)32(28)23(15-45)16-46)18-2-4-20(12-42)31(8-18)48-34(38,39)40/h1-10H. The first-order chi connectivity index (χ1) is 22.7. The molecule has 1 aliphatic carbocycles. The Balaban J connectivity index is 1.78. The number of ether oxygens (including phenoxy) is 2. The van der Waals surface area contributed by atoms with Crippen LogP contribution in [-0.2, 0) is 0 Å². The van der Waals surface area contributed by atoms with Crippen molar-refractivity contribution in [1.82, 2.24) is 0 Å². The van der Waals surface area contributed by atoms with Gasteiger partial charge in [-0.1, -0.05) is 12.1 Å². The monoisotopic (exact) mass is 648 g/mol. The van der Waals surface area contributed by atoms with E-state index in [1.807, 2.05) is 12.1 Å². The smallest absolute Gasteiger partial charge is 0.404 e. The molecule has 0 spiro atoms. The Hall–Kier alpha value is -7.26. The molecule has 1 aliphatic rings. The van der Waals surface area contributed by atoms with Crippen LogP contribution in [0.2, 0.25) is 0 Å². The van der Waals surface area contributed by atoms with E-state index in [1.54, 1.807) is 24.3 Å². The van der Waals surface area contributed by atoms with Crippen molar-refractivity contribution < 1.29 is 35.8 Å². The van der Waals surface area contributed by atoms with E-state index in [-0.39, 0.29) is 61.2 Å². The molecule has 8 nitrogen and oxygen atoms in total. The lowest BCUT2D eigenvalue weighted by Crippen LogP contribution is -2.17. The highest BCUT2D eigenvalue weighted by Gasteiger charge is 2.35. The fourth-order valence-electron chi connectivity index (χ4n) is 5.26. The second-order valence-electron chi connectivity index (χ2n) is 9.83. The molecule has 0 radical (unpaired) electrons. The molecular weight excluding hydrogens is 638 g/mol. The quantitative estimate of drug-likeness (QED) is 0.139. The van der Waals surface area contributed by atoms with E-state index >= 15 is 0 Å². The van der Waals surface area contributed by atoms with Crippen LogP contribution in [0.3, 0.4) is 0 Å². The van der Waals surface area contributed by atoms with E-state index in [1.165, 1.54) is 36.4 Å². The minimum Gasteiger partial charge on any atom is -0.404 e. The average Bonchev–Trinajstić information content (AvgIpc) is 3.34. The fourth-order valence-corrected chi connectivity index (χ4v) is 5.26. The molecule has 0 N–H and O–H groups in total. The summed E-state index contributed by atoms with van der Waals surface area (Å²) in [7, 11) is 0. The number of rotatable bonds is 4. The third kappa shape index (κ3) is 5.90. The van der Waals surface area contributed by atoms with Gasteiger partial charge in [0.2, 0.25) is 0 Å². The molecule has 230 valence electrons. The van der Waals surface area contributed by atoms with E-state index < -0.39 is 40.9 Å². The molecule has 0 aromatic heterocycles. The largest absolute Gasteiger partial charge is 0.573 e. The van der Waals surface area contributed by atoms with Gasteiger partial charge in [-0.2, -0.15) is 31.6 Å². The Morgan fingerprint density at radius 3 is 1.15 bits per heavy atom. The zero-order valence-electron chi connectivity index (χ0n) is 23.5. The third-order valence-corrected chi connectivity index (χ3v) is 7.14. The number of allylic oxidation sites excluding steroid dienone is 1. The normalized spacial score (nSPS) is 11.4. The highest BCUT2D eigenvalue weighted by atomic mass is 19.4. The molecule has 0 saturated carbocycles. The van der Waals surface area contributed by atoms with Gasteiger partial charge < -0.3 is 9.47 Å². The zero-order chi connectivity index (χ0) is 35.0. The van der Waals surface area contributed by atoms with Crippen molar-refractivity contribution in [3.63, 3.8) is 0 Å². The van der Waals surface area contributed by atoms with E-state index in [4.69, 9.17) is 0 Å². The van der Waals surface area contributed by atoms with Crippen molar-refractivity contribution in [3.05, 3.63) is 99.6 Å². The number of halogens is 6. The van der Waals surface area contributed by atoms with Gasteiger partial charge in [0, 0.05) is 16.7 Å². The number of nitrogens with zero attached hydrogens (tertiary/aromatic N) is 6. The second-order valence-corrected chi connectivity index (χ2v) is 9.83. The highest BCUT2D eigenvalue weighted by molar-refractivity contribution is 6.07. The first-order valence-electron chi connectivity index (χ1n) is 13.1. The van der Waals surface area contributed by atoms with Crippen LogP contribution >= 0.6 is 0 Å². The van der Waals surface area contributed by atoms with Crippen LogP contribution in [0.5, 0.6) is 11.5 Å². The van der Waals surface area contributed by atoms with Gasteiger partial charge >= 0.3 is 12.7 Å². The van der Waals surface area contributed by atoms with Crippen molar-refractivity contribution in [2.24, 2.45) is 0 Å². The molecular formula is C34H10F6N6O2. The molecule has 0 saturated heterocycles. The lowest BCUT2D eigenvalue weighted by Gasteiger charge is -2.14. The Morgan fingerprint density at radius 1 is 0.458 bits per heavy atom. The van der Waals surface area contributed by atoms with Crippen LogP contribution in [0.4, 0.5) is 26.3 Å². The van der Waals surface area contributed by atoms with Crippen LogP contribution in [0.1, 0.15) is 33.4 Å². The Labute approximate surface area is 266 Å². The molecule has 48 heavy (non-hydrogen) atoms. The van der Waals surface area contributed by atoms with Gasteiger partial charge in [0.15, 0.2) is 0 Å². The molecule has 0 aliphatic heterocycles. The number of hydrogen-bond acceptors (Lipinski definition) is 8. The van der Waals surface area contributed by atoms with Gasteiger partial charge in [0.25, 0.3) is 0 Å². The lowest BCUT2D eigenvalue weighted by atomic mass is 9.91. The summed E-state index contributed by atoms with van der Waals surface area (Å²) in [5.74, 6) is -1.67. The van der Waals surface area contributed by atoms with Gasteiger partial charge in [-0.3, -0.25) is 0 Å². The summed E-state index contributed by atoms with van der Waals surface area (Å²) in [5, 5.41) is 58.4. The number of alkyl halides is 6. The first-order valence-corrected chi connectivity index (χ1v) is 13.1. The maximum absolute atomic E-state index is 13.1. The van der Waals surface area contributed by atoms with Gasteiger partial charge in [0.1, 0.15) is 41.3 Å². The van der Waals surface area contributed by atoms with E-state index in [2.05, 4.69) is 9.47 Å². The SMILES string of the molecule is N#CC(C#N)=C1c2cc(-c3ccc(C#N)c(OC(F)(F)F)c3)c(C#N)cc2-c2cc(C#N)c(-c3ccc(C#N)c(OC(F)(F)F)c3)cc21. The summed E-state index contributed by atoms with van der Waals surface area (Å²) in [6, 6.07) is 22.6. The number of nitriles is 6. The second kappa shape index (κ2) is 11.9. The van der Waals surface area contributed by atoms with Crippen LogP contribution < -0.4 is 9.47 Å². The van der Waals surface area contributed by atoms with E-state index in [0.29, 0.717) is 0 Å². The molecule has 4 aromatic rings. The highest BCUT2D eigenvalue weighted by Crippen LogP contribution is 2.50. The van der Waals surface area contributed by atoms with Gasteiger partial charge in [-0.15, -0.1) is 26.3 Å². The summed E-state index contributed by atoms with van der Waals surface area (Å²) < 4.78 is 86.6. The fraction of sp³-hybridized carbons (Fsp3) is 0.0588. The average molecular weight is 648 g/mol. The minimum absolute atomic E-state index is 0.0160. The van der Waals surface area contributed by atoms with Crippen LogP contribution in [0, 0.1) is 68.0 Å². The molecule has 0 heterocycles. The molecule has 4 aromatic carbocycles. The van der Waals surface area contributed by atoms with Gasteiger partial charge in [-0.05, 0) is 81.9 Å². The summed E-state index contributed by atoms with van der Waals surface area (Å²) in [5.41, 5.74) is -0.380. The molecule has 0 atom stereocenters. The molecule has 14 heteroatoms. The van der Waals surface area contributed by atoms with Crippen LogP contribution in [0.15, 0.2) is 66.2 Å². The van der Waals surface area contributed by atoms with Crippen molar-refractivity contribution in [2.45, 2.75) is 12.7 Å². The predicted octanol–water partition coefficient (Wildman–Crippen LogP) is 8.13. The molecule has 0 amide bonds. The number of hydrogen-bond donors (Lipinski definition) is 0. The predicted molar refractivity (Wildman–Crippen MR) is 152 cm³/mol. The van der Waals surface area contributed by atoms with Gasteiger partial charge in [0.05, 0.1) is 34.4 Å². The van der Waals surface area contributed by atoms with Crippen LogP contribution in [-0.4, -0.2) is 12.7 Å². The zero-order valence-corrected chi connectivity index (χ0v) is 23.5. The maximum atomic E-state index is 13.1. The number of fused-ring (bicyclic) bond motifs is 3. The molecule has 0 bridgehead atoms.